The van der Waals surface area contributed by atoms with Crippen molar-refractivity contribution < 1.29 is 9.90 Å². The second-order valence-electron chi connectivity index (χ2n) is 5.44. The largest absolute Gasteiger partial charge is 0.386 e. The first kappa shape index (κ1) is 13.9. The summed E-state index contributed by atoms with van der Waals surface area (Å²) < 4.78 is 0. The summed E-state index contributed by atoms with van der Waals surface area (Å²) in [7, 11) is 7.61. The number of aliphatic hydroxyl groups is 1. The number of aliphatic hydroxyl groups excluding tert-OH is 1. The lowest BCUT2D eigenvalue weighted by molar-refractivity contribution is -0.135. The number of benzene rings is 2. The molecule has 104 valence electrons. The van der Waals surface area contributed by atoms with E-state index >= 15 is 0 Å². The zero-order valence-electron chi connectivity index (χ0n) is 11.9. The van der Waals surface area contributed by atoms with Crippen LogP contribution in [0, 0.1) is 0 Å². The van der Waals surface area contributed by atoms with E-state index in [2.05, 4.69) is 0 Å². The van der Waals surface area contributed by atoms with Crippen LogP contribution < -0.4 is 5.46 Å². The van der Waals surface area contributed by atoms with Gasteiger partial charge >= 0.3 is 0 Å². The highest BCUT2D eigenvalue weighted by molar-refractivity contribution is 6.32. The zero-order valence-corrected chi connectivity index (χ0v) is 11.9. The van der Waals surface area contributed by atoms with Crippen LogP contribution >= 0.6 is 0 Å². The van der Waals surface area contributed by atoms with E-state index in [-0.39, 0.29) is 5.91 Å². The highest BCUT2D eigenvalue weighted by Gasteiger charge is 2.35. The molecule has 1 aliphatic heterocycles. The van der Waals surface area contributed by atoms with E-state index in [1.165, 1.54) is 0 Å². The molecule has 2 aromatic carbocycles. The third kappa shape index (κ3) is 2.47. The van der Waals surface area contributed by atoms with Crippen LogP contribution in [0.15, 0.2) is 48.5 Å². The molecule has 1 heterocycles. The normalized spacial score (nSPS) is 19.2. The molecule has 0 saturated heterocycles. The highest BCUT2D eigenvalue weighted by Crippen LogP contribution is 2.38. The average molecular weight is 277 g/mol. The number of fused-ring (bicyclic) bond motifs is 1. The lowest BCUT2D eigenvalue weighted by Gasteiger charge is -2.37. The standard InChI is InChI=1S/C17H16BNO2/c1-19-15(20)9-12-7-8-13(18)10-14(12)16(19)17(21)11-5-3-2-4-6-11/h2-8,10,16-17,21H,9H2,1H3/t16-,17-/m1/s1. The van der Waals surface area contributed by atoms with E-state index < -0.39 is 12.1 Å². The van der Waals surface area contributed by atoms with Crippen molar-refractivity contribution in [1.29, 1.82) is 0 Å². The molecule has 0 saturated carbocycles. The summed E-state index contributed by atoms with van der Waals surface area (Å²) >= 11 is 0. The van der Waals surface area contributed by atoms with Gasteiger partial charge in [0, 0.05) is 7.05 Å². The van der Waals surface area contributed by atoms with Gasteiger partial charge in [-0.3, -0.25) is 4.79 Å². The van der Waals surface area contributed by atoms with E-state index in [0.717, 1.165) is 16.7 Å². The minimum Gasteiger partial charge on any atom is -0.386 e. The summed E-state index contributed by atoms with van der Waals surface area (Å²) in [5, 5.41) is 10.7. The van der Waals surface area contributed by atoms with Crippen molar-refractivity contribution >= 4 is 19.2 Å². The quantitative estimate of drug-likeness (QED) is 0.840. The number of hydrogen-bond acceptors (Lipinski definition) is 2. The van der Waals surface area contributed by atoms with Gasteiger partial charge in [0.2, 0.25) is 5.91 Å². The van der Waals surface area contributed by atoms with E-state index in [4.69, 9.17) is 7.85 Å². The summed E-state index contributed by atoms with van der Waals surface area (Å²) in [6.07, 6.45) is -0.426. The molecule has 0 aromatic heterocycles. The van der Waals surface area contributed by atoms with Crippen molar-refractivity contribution in [3.8, 4) is 0 Å². The van der Waals surface area contributed by atoms with Crippen LogP contribution in [0.3, 0.4) is 0 Å². The Morgan fingerprint density at radius 3 is 2.67 bits per heavy atom. The molecular weight excluding hydrogens is 261 g/mol. The minimum absolute atomic E-state index is 0.00672. The van der Waals surface area contributed by atoms with Crippen LogP contribution in [0.4, 0.5) is 0 Å². The molecule has 3 nitrogen and oxygen atoms in total. The van der Waals surface area contributed by atoms with Gasteiger partial charge in [0.25, 0.3) is 0 Å². The minimum atomic E-state index is -0.777. The summed E-state index contributed by atoms with van der Waals surface area (Å²) in [4.78, 5) is 13.8. The maximum atomic E-state index is 12.2. The van der Waals surface area contributed by atoms with Gasteiger partial charge < -0.3 is 10.0 Å². The number of likely N-dealkylation sites (N-methyl/N-ethyl adjacent to an activating group) is 1. The van der Waals surface area contributed by atoms with E-state index in [0.29, 0.717) is 11.9 Å². The van der Waals surface area contributed by atoms with E-state index in [1.54, 1.807) is 18.0 Å². The van der Waals surface area contributed by atoms with Gasteiger partial charge in [-0.2, -0.15) is 0 Å². The van der Waals surface area contributed by atoms with Gasteiger partial charge in [0.05, 0.1) is 12.5 Å². The topological polar surface area (TPSA) is 40.5 Å². The fraction of sp³-hybridized carbons (Fsp3) is 0.235. The first-order valence-electron chi connectivity index (χ1n) is 6.95. The SMILES string of the molecule is [B]c1ccc2c(c1)[C@H]([C@H](O)c1ccccc1)N(C)C(=O)C2. The fourth-order valence-electron chi connectivity index (χ4n) is 2.92. The number of rotatable bonds is 2. The molecule has 1 aliphatic rings. The van der Waals surface area contributed by atoms with Gasteiger partial charge in [-0.05, 0) is 16.7 Å². The van der Waals surface area contributed by atoms with Crippen LogP contribution in [0.2, 0.25) is 0 Å². The van der Waals surface area contributed by atoms with Gasteiger partial charge in [-0.1, -0.05) is 54.0 Å². The lowest BCUT2D eigenvalue weighted by atomic mass is 9.83. The van der Waals surface area contributed by atoms with Crippen molar-refractivity contribution in [1.82, 2.24) is 4.90 Å². The number of hydrogen-bond donors (Lipinski definition) is 1. The molecule has 1 amide bonds. The molecule has 0 bridgehead atoms. The molecule has 21 heavy (non-hydrogen) atoms. The third-order valence-corrected chi connectivity index (χ3v) is 4.08. The van der Waals surface area contributed by atoms with Crippen molar-refractivity contribution in [3.63, 3.8) is 0 Å². The maximum absolute atomic E-state index is 12.2. The Balaban J connectivity index is 2.08. The first-order valence-corrected chi connectivity index (χ1v) is 6.95. The molecule has 2 radical (unpaired) electrons. The number of carbonyl (C=O) groups is 1. The van der Waals surface area contributed by atoms with E-state index in [1.807, 2.05) is 42.5 Å². The predicted molar refractivity (Wildman–Crippen MR) is 82.4 cm³/mol. The van der Waals surface area contributed by atoms with Crippen molar-refractivity contribution in [2.45, 2.75) is 18.6 Å². The molecule has 1 N–H and O–H groups in total. The smallest absolute Gasteiger partial charge is 0.227 e. The van der Waals surface area contributed by atoms with Crippen molar-refractivity contribution in [3.05, 3.63) is 65.2 Å². The predicted octanol–water partition coefficient (Wildman–Crippen LogP) is 1.27. The first-order chi connectivity index (χ1) is 10.1. The maximum Gasteiger partial charge on any atom is 0.227 e. The second-order valence-corrected chi connectivity index (χ2v) is 5.44. The zero-order chi connectivity index (χ0) is 15.0. The molecule has 2 atom stereocenters. The molecule has 0 spiro atoms. The number of amides is 1. The van der Waals surface area contributed by atoms with Gasteiger partial charge in [0.1, 0.15) is 14.0 Å². The summed E-state index contributed by atoms with van der Waals surface area (Å²) in [5.74, 6) is 0.00672. The Hall–Kier alpha value is -2.07. The van der Waals surface area contributed by atoms with Gasteiger partial charge in [-0.15, -0.1) is 0 Å². The molecule has 2 aromatic rings. The fourth-order valence-corrected chi connectivity index (χ4v) is 2.92. The third-order valence-electron chi connectivity index (χ3n) is 4.08. The molecular formula is C17H16BNO2. The van der Waals surface area contributed by atoms with Crippen LogP contribution in [-0.4, -0.2) is 30.8 Å². The summed E-state index contributed by atoms with van der Waals surface area (Å²) in [5.41, 5.74) is 3.29. The lowest BCUT2D eigenvalue weighted by Crippen LogP contribution is -2.40. The molecule has 3 rings (SSSR count). The summed E-state index contributed by atoms with van der Waals surface area (Å²) in [6, 6.07) is 14.5. The van der Waals surface area contributed by atoms with Crippen LogP contribution in [0.1, 0.15) is 28.8 Å². The van der Waals surface area contributed by atoms with Crippen molar-refractivity contribution in [2.24, 2.45) is 0 Å². The van der Waals surface area contributed by atoms with Crippen molar-refractivity contribution in [2.75, 3.05) is 7.05 Å². The van der Waals surface area contributed by atoms with Crippen LogP contribution in [0.5, 0.6) is 0 Å². The number of nitrogens with zero attached hydrogens (tertiary/aromatic N) is 1. The van der Waals surface area contributed by atoms with Crippen LogP contribution in [0.25, 0.3) is 0 Å². The highest BCUT2D eigenvalue weighted by atomic mass is 16.3. The second kappa shape index (κ2) is 5.37. The Morgan fingerprint density at radius 2 is 1.95 bits per heavy atom. The Labute approximate surface area is 125 Å². The molecule has 0 aliphatic carbocycles. The molecule has 0 fully saturated rings. The van der Waals surface area contributed by atoms with E-state index in [9.17, 15) is 9.90 Å². The van der Waals surface area contributed by atoms with Gasteiger partial charge in [0.15, 0.2) is 0 Å². The molecule has 4 heteroatoms. The Bertz CT molecular complexity index is 672. The Morgan fingerprint density at radius 1 is 1.24 bits per heavy atom. The van der Waals surface area contributed by atoms with Crippen LogP contribution in [-0.2, 0) is 11.2 Å². The molecule has 0 unspecified atom stereocenters. The monoisotopic (exact) mass is 277 g/mol. The summed E-state index contributed by atoms with van der Waals surface area (Å²) in [6.45, 7) is 0. The van der Waals surface area contributed by atoms with Gasteiger partial charge in [-0.25, -0.2) is 0 Å². The number of carbonyl (C=O) groups excluding carboxylic acids is 1. The average Bonchev–Trinajstić information content (AvgIpc) is 2.49. The Kier molecular flexibility index (Phi) is 3.56.